The Balaban J connectivity index is 1.62. The minimum absolute atomic E-state index is 0.464. The highest BCUT2D eigenvalue weighted by Crippen LogP contribution is 2.35. The lowest BCUT2D eigenvalue weighted by molar-refractivity contribution is 0.0683. The van der Waals surface area contributed by atoms with E-state index in [0.29, 0.717) is 30.1 Å². The third kappa shape index (κ3) is 2.35. The molecule has 0 amide bonds. The van der Waals surface area contributed by atoms with Gasteiger partial charge < -0.3 is 25.7 Å². The average molecular weight is 301 g/mol. The molecule has 0 saturated carbocycles. The predicted molar refractivity (Wildman–Crippen MR) is 83.4 cm³/mol. The van der Waals surface area contributed by atoms with Crippen molar-refractivity contribution < 1.29 is 4.74 Å². The second-order valence-electron chi connectivity index (χ2n) is 5.68. The number of aromatic nitrogens is 4. The Hall–Kier alpha value is -2.35. The summed E-state index contributed by atoms with van der Waals surface area (Å²) in [5.41, 5.74) is 6.89. The summed E-state index contributed by atoms with van der Waals surface area (Å²) in [6, 6.07) is 0. The zero-order chi connectivity index (χ0) is 14.9. The third-order valence-electron chi connectivity index (χ3n) is 4.19. The smallest absolute Gasteiger partial charge is 0.199 e. The van der Waals surface area contributed by atoms with Crippen molar-refractivity contribution >= 4 is 17.3 Å². The normalized spacial score (nSPS) is 18.3. The van der Waals surface area contributed by atoms with E-state index in [4.69, 9.17) is 10.5 Å². The van der Waals surface area contributed by atoms with Crippen LogP contribution in [-0.2, 0) is 4.74 Å². The number of nitrogens with two attached hydrogens (primary N) is 1. The second kappa shape index (κ2) is 5.45. The quantitative estimate of drug-likeness (QED) is 0.778. The lowest BCUT2D eigenvalue weighted by Gasteiger charge is -2.27. The van der Waals surface area contributed by atoms with Crippen LogP contribution in [0.5, 0.6) is 0 Å². The molecule has 2 aliphatic rings. The highest BCUT2D eigenvalue weighted by atomic mass is 16.5. The van der Waals surface area contributed by atoms with Crippen LogP contribution in [0.3, 0.4) is 0 Å². The van der Waals surface area contributed by atoms with Crippen molar-refractivity contribution in [1.82, 2.24) is 19.9 Å². The molecule has 1 saturated heterocycles. The topological polar surface area (TPSA) is 105 Å². The van der Waals surface area contributed by atoms with E-state index in [1.165, 1.54) is 0 Å². The van der Waals surface area contributed by atoms with Crippen LogP contribution in [0.2, 0.25) is 0 Å². The number of nitrogen functional groups attached to an aromatic ring is 1. The van der Waals surface area contributed by atoms with E-state index < -0.39 is 0 Å². The van der Waals surface area contributed by atoms with E-state index in [0.717, 1.165) is 44.1 Å². The number of aromatic amines is 1. The standard InChI is InChI=1S/C14H19N7O/c15-11-10-14(20-13(19-11)12-16-3-4-17-12)21(8-18-10)7-9-1-5-22-6-2-9/h3-4,9,18H,1-2,5-8H2,(H,16,17)(H2,15,19,20). The molecule has 22 heavy (non-hydrogen) atoms. The van der Waals surface area contributed by atoms with Crippen molar-refractivity contribution in [3.63, 3.8) is 0 Å². The molecule has 0 aromatic carbocycles. The molecule has 4 N–H and O–H groups in total. The van der Waals surface area contributed by atoms with Gasteiger partial charge in [0.15, 0.2) is 23.3 Å². The molecule has 2 aromatic heterocycles. The number of hydrogen-bond acceptors (Lipinski definition) is 7. The number of nitrogens with zero attached hydrogens (tertiary/aromatic N) is 4. The summed E-state index contributed by atoms with van der Waals surface area (Å²) < 4.78 is 5.43. The number of H-pyrrole nitrogens is 1. The summed E-state index contributed by atoms with van der Waals surface area (Å²) in [5.74, 6) is 3.12. The summed E-state index contributed by atoms with van der Waals surface area (Å²) in [5, 5.41) is 3.29. The minimum Gasteiger partial charge on any atom is -0.382 e. The van der Waals surface area contributed by atoms with E-state index in [9.17, 15) is 0 Å². The van der Waals surface area contributed by atoms with Gasteiger partial charge in [-0.15, -0.1) is 0 Å². The van der Waals surface area contributed by atoms with Crippen LogP contribution in [0, 0.1) is 5.92 Å². The molecule has 0 spiro atoms. The first-order valence-corrected chi connectivity index (χ1v) is 7.55. The lowest BCUT2D eigenvalue weighted by atomic mass is 10.00. The monoisotopic (exact) mass is 301 g/mol. The highest BCUT2D eigenvalue weighted by molar-refractivity contribution is 5.81. The molecule has 2 aliphatic heterocycles. The molecule has 0 unspecified atom stereocenters. The Morgan fingerprint density at radius 1 is 1.32 bits per heavy atom. The van der Waals surface area contributed by atoms with Gasteiger partial charge in [0.2, 0.25) is 0 Å². The number of hydrogen-bond donors (Lipinski definition) is 3. The predicted octanol–water partition coefficient (Wildman–Crippen LogP) is 1.06. The van der Waals surface area contributed by atoms with E-state index in [2.05, 4.69) is 30.2 Å². The maximum Gasteiger partial charge on any atom is 0.199 e. The van der Waals surface area contributed by atoms with Crippen LogP contribution in [0.15, 0.2) is 12.4 Å². The number of fused-ring (bicyclic) bond motifs is 1. The Kier molecular flexibility index (Phi) is 3.30. The molecule has 0 bridgehead atoms. The molecule has 4 rings (SSSR count). The fourth-order valence-corrected chi connectivity index (χ4v) is 3.00. The molecule has 0 radical (unpaired) electrons. The summed E-state index contributed by atoms with van der Waals surface area (Å²) in [7, 11) is 0. The Morgan fingerprint density at radius 2 is 2.18 bits per heavy atom. The van der Waals surface area contributed by atoms with Gasteiger partial charge in [0.1, 0.15) is 5.69 Å². The zero-order valence-corrected chi connectivity index (χ0v) is 12.2. The first kappa shape index (κ1) is 13.3. The van der Waals surface area contributed by atoms with Gasteiger partial charge in [-0.2, -0.15) is 0 Å². The van der Waals surface area contributed by atoms with Crippen LogP contribution in [-0.4, -0.2) is 46.4 Å². The average Bonchev–Trinajstić information content (AvgIpc) is 3.19. The van der Waals surface area contributed by atoms with E-state index in [1.54, 1.807) is 12.4 Å². The maximum atomic E-state index is 6.07. The number of nitrogens with one attached hydrogen (secondary N) is 2. The molecule has 2 aromatic rings. The van der Waals surface area contributed by atoms with Crippen LogP contribution in [0.25, 0.3) is 11.6 Å². The fourth-order valence-electron chi connectivity index (χ4n) is 3.00. The maximum absolute atomic E-state index is 6.07. The van der Waals surface area contributed by atoms with Crippen molar-refractivity contribution in [2.45, 2.75) is 12.8 Å². The summed E-state index contributed by atoms with van der Waals surface area (Å²) in [6.07, 6.45) is 5.62. The van der Waals surface area contributed by atoms with Gasteiger partial charge in [-0.25, -0.2) is 15.0 Å². The molecule has 4 heterocycles. The number of anilines is 3. The van der Waals surface area contributed by atoms with Crippen molar-refractivity contribution in [3.8, 4) is 11.6 Å². The SMILES string of the molecule is Nc1nc(-c2ncc[nH]2)nc2c1NCN2CC1CCOCC1. The molecular weight excluding hydrogens is 282 g/mol. The third-order valence-corrected chi connectivity index (χ3v) is 4.19. The van der Waals surface area contributed by atoms with Gasteiger partial charge in [-0.1, -0.05) is 0 Å². The van der Waals surface area contributed by atoms with Gasteiger partial charge in [0.25, 0.3) is 0 Å². The van der Waals surface area contributed by atoms with Crippen molar-refractivity contribution in [2.24, 2.45) is 5.92 Å². The Bertz CT molecular complexity index is 651. The van der Waals surface area contributed by atoms with Crippen LogP contribution < -0.4 is 16.0 Å². The van der Waals surface area contributed by atoms with Crippen LogP contribution >= 0.6 is 0 Å². The first-order chi connectivity index (χ1) is 10.8. The lowest BCUT2D eigenvalue weighted by Crippen LogP contribution is -2.32. The van der Waals surface area contributed by atoms with Crippen LogP contribution in [0.4, 0.5) is 17.3 Å². The van der Waals surface area contributed by atoms with Gasteiger partial charge in [0.05, 0.1) is 6.67 Å². The molecule has 0 atom stereocenters. The Morgan fingerprint density at radius 3 is 2.95 bits per heavy atom. The molecular formula is C14H19N7O. The summed E-state index contributed by atoms with van der Waals surface area (Å²) >= 11 is 0. The van der Waals surface area contributed by atoms with Gasteiger partial charge in [-0.05, 0) is 18.8 Å². The number of imidazole rings is 1. The summed E-state index contributed by atoms with van der Waals surface area (Å²) in [6.45, 7) is 3.37. The second-order valence-corrected chi connectivity index (χ2v) is 5.68. The van der Waals surface area contributed by atoms with E-state index in [1.807, 2.05) is 0 Å². The van der Waals surface area contributed by atoms with Crippen molar-refractivity contribution in [1.29, 1.82) is 0 Å². The first-order valence-electron chi connectivity index (χ1n) is 7.55. The largest absolute Gasteiger partial charge is 0.382 e. The van der Waals surface area contributed by atoms with Crippen molar-refractivity contribution in [2.75, 3.05) is 42.4 Å². The molecule has 116 valence electrons. The van der Waals surface area contributed by atoms with Crippen molar-refractivity contribution in [3.05, 3.63) is 12.4 Å². The molecule has 0 aliphatic carbocycles. The van der Waals surface area contributed by atoms with E-state index >= 15 is 0 Å². The number of rotatable bonds is 3. The molecule has 8 nitrogen and oxygen atoms in total. The minimum atomic E-state index is 0.464. The fraction of sp³-hybridized carbons (Fsp3) is 0.500. The van der Waals surface area contributed by atoms with E-state index in [-0.39, 0.29) is 0 Å². The van der Waals surface area contributed by atoms with Crippen LogP contribution in [0.1, 0.15) is 12.8 Å². The molecule has 1 fully saturated rings. The Labute approximate surface area is 128 Å². The summed E-state index contributed by atoms with van der Waals surface area (Å²) in [4.78, 5) is 18.4. The van der Waals surface area contributed by atoms with Gasteiger partial charge in [0, 0.05) is 32.2 Å². The zero-order valence-electron chi connectivity index (χ0n) is 12.2. The molecule has 8 heteroatoms. The number of ether oxygens (including phenoxy) is 1. The highest BCUT2D eigenvalue weighted by Gasteiger charge is 2.27. The van der Waals surface area contributed by atoms with Gasteiger partial charge in [-0.3, -0.25) is 0 Å². The van der Waals surface area contributed by atoms with Gasteiger partial charge >= 0.3 is 0 Å².